The van der Waals surface area contributed by atoms with Crippen LogP contribution >= 0.6 is 39.7 Å². The van der Waals surface area contributed by atoms with Crippen LogP contribution in [0.3, 0.4) is 0 Å². The molecule has 104 valence electrons. The number of hydrogen-bond donors (Lipinski definition) is 2. The zero-order valence-corrected chi connectivity index (χ0v) is 13.8. The van der Waals surface area contributed by atoms with E-state index in [0.717, 1.165) is 21.6 Å². The van der Waals surface area contributed by atoms with Gasteiger partial charge in [-0.15, -0.1) is 0 Å². The van der Waals surface area contributed by atoms with Crippen molar-refractivity contribution >= 4 is 56.1 Å². The molecule has 0 aliphatic rings. The van der Waals surface area contributed by atoms with E-state index in [-0.39, 0.29) is 4.99 Å². The van der Waals surface area contributed by atoms with Gasteiger partial charge in [-0.05, 0) is 30.3 Å². The van der Waals surface area contributed by atoms with Crippen molar-refractivity contribution in [2.45, 2.75) is 0 Å². The van der Waals surface area contributed by atoms with Crippen LogP contribution in [0.2, 0.25) is 5.02 Å². The minimum Gasteiger partial charge on any atom is -0.497 e. The number of benzene rings is 2. The maximum absolute atomic E-state index is 6.14. The van der Waals surface area contributed by atoms with Crippen LogP contribution in [0.15, 0.2) is 40.9 Å². The Bertz CT molecular complexity index is 664. The minimum atomic E-state index is 0.283. The molecular weight excluding hydrogens is 360 g/mol. The molecule has 0 radical (unpaired) electrons. The number of nitrogens with one attached hydrogen (secondary N) is 1. The molecular formula is C14H12BrClN2OS. The van der Waals surface area contributed by atoms with Crippen molar-refractivity contribution in [1.82, 2.24) is 0 Å². The molecule has 0 saturated carbocycles. The first kappa shape index (κ1) is 15.1. The predicted octanol–water partition coefficient (Wildman–Crippen LogP) is 4.49. The number of rotatable bonds is 4. The van der Waals surface area contributed by atoms with Crippen LogP contribution in [0.4, 0.5) is 11.4 Å². The Labute approximate surface area is 136 Å². The first-order chi connectivity index (χ1) is 9.49. The van der Waals surface area contributed by atoms with Gasteiger partial charge < -0.3 is 15.8 Å². The topological polar surface area (TPSA) is 47.3 Å². The normalized spacial score (nSPS) is 10.2. The Hall–Kier alpha value is -1.30. The zero-order chi connectivity index (χ0) is 14.7. The van der Waals surface area contributed by atoms with E-state index in [1.165, 1.54) is 0 Å². The number of halogens is 2. The molecule has 0 bridgehead atoms. The molecule has 2 rings (SSSR count). The lowest BCUT2D eigenvalue weighted by atomic mass is 10.2. The summed E-state index contributed by atoms with van der Waals surface area (Å²) in [5, 5.41) is 3.77. The van der Waals surface area contributed by atoms with E-state index in [0.29, 0.717) is 10.6 Å². The van der Waals surface area contributed by atoms with E-state index in [1.807, 2.05) is 24.3 Å². The Morgan fingerprint density at radius 2 is 2.00 bits per heavy atom. The molecule has 0 aliphatic carbocycles. The van der Waals surface area contributed by atoms with Crippen molar-refractivity contribution in [2.24, 2.45) is 5.73 Å². The third-order valence-electron chi connectivity index (χ3n) is 2.63. The highest BCUT2D eigenvalue weighted by Gasteiger charge is 2.05. The maximum atomic E-state index is 6.14. The van der Waals surface area contributed by atoms with E-state index in [4.69, 9.17) is 34.3 Å². The van der Waals surface area contributed by atoms with Crippen molar-refractivity contribution in [1.29, 1.82) is 0 Å². The van der Waals surface area contributed by atoms with Crippen molar-refractivity contribution in [3.63, 3.8) is 0 Å². The first-order valence-electron chi connectivity index (χ1n) is 5.70. The quantitative estimate of drug-likeness (QED) is 0.777. The van der Waals surface area contributed by atoms with Crippen LogP contribution in [0.5, 0.6) is 5.75 Å². The summed E-state index contributed by atoms with van der Waals surface area (Å²) < 4.78 is 6.14. The lowest BCUT2D eigenvalue weighted by molar-refractivity contribution is 0.415. The van der Waals surface area contributed by atoms with Crippen molar-refractivity contribution in [3.8, 4) is 5.75 Å². The lowest BCUT2D eigenvalue weighted by Crippen LogP contribution is -2.09. The second-order valence-corrected chi connectivity index (χ2v) is 5.83. The molecule has 6 heteroatoms. The van der Waals surface area contributed by atoms with E-state index >= 15 is 0 Å². The molecule has 0 spiro atoms. The summed E-state index contributed by atoms with van der Waals surface area (Å²) in [5.41, 5.74) is 7.97. The highest BCUT2D eigenvalue weighted by molar-refractivity contribution is 9.10. The van der Waals surface area contributed by atoms with E-state index in [9.17, 15) is 0 Å². The molecule has 0 amide bonds. The Kier molecular flexibility index (Phi) is 4.86. The Balaban J connectivity index is 2.28. The SMILES string of the molecule is COc1cc(Br)cc(Nc2ccc(C(N)=S)c(Cl)c2)c1. The van der Waals surface area contributed by atoms with Crippen molar-refractivity contribution in [3.05, 3.63) is 51.5 Å². The van der Waals surface area contributed by atoms with E-state index in [2.05, 4.69) is 21.2 Å². The van der Waals surface area contributed by atoms with Gasteiger partial charge in [0, 0.05) is 27.5 Å². The van der Waals surface area contributed by atoms with Gasteiger partial charge in [-0.25, -0.2) is 0 Å². The number of hydrogen-bond acceptors (Lipinski definition) is 3. The highest BCUT2D eigenvalue weighted by atomic mass is 79.9. The molecule has 0 saturated heterocycles. The van der Waals surface area contributed by atoms with Crippen LogP contribution < -0.4 is 15.8 Å². The minimum absolute atomic E-state index is 0.283. The number of thiocarbonyl (C=S) groups is 1. The van der Waals surface area contributed by atoms with Gasteiger partial charge in [-0.2, -0.15) is 0 Å². The van der Waals surface area contributed by atoms with Gasteiger partial charge in [0.1, 0.15) is 10.7 Å². The number of methoxy groups -OCH3 is 1. The largest absolute Gasteiger partial charge is 0.497 e. The Morgan fingerprint density at radius 3 is 2.60 bits per heavy atom. The summed E-state index contributed by atoms with van der Waals surface area (Å²) in [6.07, 6.45) is 0. The standard InChI is InChI=1S/C14H12BrClN2OS/c1-19-11-5-8(15)4-10(6-11)18-9-2-3-12(14(17)20)13(16)7-9/h2-7,18H,1H3,(H2,17,20). The summed E-state index contributed by atoms with van der Waals surface area (Å²) in [7, 11) is 1.62. The molecule has 2 aromatic carbocycles. The molecule has 0 aliphatic heterocycles. The summed E-state index contributed by atoms with van der Waals surface area (Å²) in [6.45, 7) is 0. The fourth-order valence-electron chi connectivity index (χ4n) is 1.71. The van der Waals surface area contributed by atoms with Crippen LogP contribution in [0.1, 0.15) is 5.56 Å². The van der Waals surface area contributed by atoms with Gasteiger partial charge in [0.15, 0.2) is 0 Å². The Morgan fingerprint density at radius 1 is 1.25 bits per heavy atom. The average molecular weight is 372 g/mol. The van der Waals surface area contributed by atoms with Crippen LogP contribution in [-0.2, 0) is 0 Å². The van der Waals surface area contributed by atoms with Crippen molar-refractivity contribution < 1.29 is 4.74 Å². The second kappa shape index (κ2) is 6.43. The van der Waals surface area contributed by atoms with E-state index in [1.54, 1.807) is 19.2 Å². The van der Waals surface area contributed by atoms with Crippen molar-refractivity contribution in [2.75, 3.05) is 12.4 Å². The first-order valence-corrected chi connectivity index (χ1v) is 7.28. The fraction of sp³-hybridized carbons (Fsp3) is 0.0714. The van der Waals surface area contributed by atoms with Crippen LogP contribution in [0, 0.1) is 0 Å². The summed E-state index contributed by atoms with van der Waals surface area (Å²) >= 11 is 14.5. The molecule has 0 fully saturated rings. The number of nitrogens with two attached hydrogens (primary N) is 1. The van der Waals surface area contributed by atoms with Gasteiger partial charge in [0.05, 0.1) is 12.1 Å². The summed E-state index contributed by atoms with van der Waals surface area (Å²) in [5.74, 6) is 0.757. The van der Waals surface area contributed by atoms with E-state index < -0.39 is 0 Å². The molecule has 3 N–H and O–H groups in total. The third-order valence-corrected chi connectivity index (χ3v) is 3.62. The predicted molar refractivity (Wildman–Crippen MR) is 91.3 cm³/mol. The van der Waals surface area contributed by atoms with Crippen LogP contribution in [0.25, 0.3) is 0 Å². The smallest absolute Gasteiger partial charge is 0.122 e. The molecule has 0 atom stereocenters. The monoisotopic (exact) mass is 370 g/mol. The maximum Gasteiger partial charge on any atom is 0.122 e. The highest BCUT2D eigenvalue weighted by Crippen LogP contribution is 2.28. The van der Waals surface area contributed by atoms with Gasteiger partial charge >= 0.3 is 0 Å². The van der Waals surface area contributed by atoms with Crippen LogP contribution in [-0.4, -0.2) is 12.1 Å². The molecule has 3 nitrogen and oxygen atoms in total. The van der Waals surface area contributed by atoms with Gasteiger partial charge in [-0.3, -0.25) is 0 Å². The lowest BCUT2D eigenvalue weighted by Gasteiger charge is -2.11. The number of anilines is 2. The number of ether oxygens (including phenoxy) is 1. The molecule has 0 unspecified atom stereocenters. The van der Waals surface area contributed by atoms with Gasteiger partial charge in [0.25, 0.3) is 0 Å². The molecule has 20 heavy (non-hydrogen) atoms. The third kappa shape index (κ3) is 3.62. The zero-order valence-electron chi connectivity index (χ0n) is 10.6. The summed E-state index contributed by atoms with van der Waals surface area (Å²) in [6, 6.07) is 11.2. The van der Waals surface area contributed by atoms with Gasteiger partial charge in [-0.1, -0.05) is 39.7 Å². The fourth-order valence-corrected chi connectivity index (χ4v) is 2.70. The molecule has 2 aromatic rings. The molecule has 0 heterocycles. The average Bonchev–Trinajstić information content (AvgIpc) is 2.37. The summed E-state index contributed by atoms with van der Waals surface area (Å²) in [4.78, 5) is 0.283. The van der Waals surface area contributed by atoms with Gasteiger partial charge in [0.2, 0.25) is 0 Å². The second-order valence-electron chi connectivity index (χ2n) is 4.06. The molecule has 0 aromatic heterocycles.